The first-order chi connectivity index (χ1) is 12.7. The van der Waals surface area contributed by atoms with Gasteiger partial charge in [0.2, 0.25) is 0 Å². The van der Waals surface area contributed by atoms with Crippen LogP contribution >= 0.6 is 11.6 Å². The quantitative estimate of drug-likeness (QED) is 0.813. The van der Waals surface area contributed by atoms with E-state index in [2.05, 4.69) is 4.99 Å². The Balaban J connectivity index is 1.97. The summed E-state index contributed by atoms with van der Waals surface area (Å²) in [5.41, 5.74) is 6.12. The lowest BCUT2D eigenvalue weighted by molar-refractivity contribution is -0.137. The lowest BCUT2D eigenvalue weighted by Gasteiger charge is -2.44. The maximum Gasteiger partial charge on any atom is 0.262 e. The first-order valence-corrected chi connectivity index (χ1v) is 8.91. The minimum atomic E-state index is -1.19. The zero-order valence-electron chi connectivity index (χ0n) is 15.2. The van der Waals surface area contributed by atoms with Crippen LogP contribution < -0.4 is 10.5 Å². The van der Waals surface area contributed by atoms with E-state index < -0.39 is 16.8 Å². The smallest absolute Gasteiger partial charge is 0.262 e. The summed E-state index contributed by atoms with van der Waals surface area (Å²) in [6.45, 7) is 4.17. The normalized spacial score (nSPS) is 23.2. The van der Waals surface area contributed by atoms with Crippen LogP contribution in [0.2, 0.25) is 5.02 Å². The van der Waals surface area contributed by atoms with Crippen LogP contribution in [0, 0.1) is 11.2 Å². The maximum atomic E-state index is 13.8. The fourth-order valence-electron chi connectivity index (χ4n) is 3.82. The fraction of sp³-hybridized carbons (Fsp3) is 0.300. The van der Waals surface area contributed by atoms with Crippen molar-refractivity contribution in [3.05, 3.63) is 52.8 Å². The molecule has 4 rings (SSSR count). The van der Waals surface area contributed by atoms with Crippen molar-refractivity contribution in [1.82, 2.24) is 4.90 Å². The number of rotatable bonds is 1. The van der Waals surface area contributed by atoms with Gasteiger partial charge in [-0.2, -0.15) is 0 Å². The van der Waals surface area contributed by atoms with E-state index in [0.29, 0.717) is 34.1 Å². The van der Waals surface area contributed by atoms with Crippen LogP contribution in [-0.4, -0.2) is 30.4 Å². The third kappa shape index (κ3) is 2.43. The number of aliphatic imine (C=N–C) groups is 1. The molecule has 2 aromatic rings. The van der Waals surface area contributed by atoms with Crippen molar-refractivity contribution < 1.29 is 13.9 Å². The molecule has 0 bridgehead atoms. The zero-order valence-corrected chi connectivity index (χ0v) is 16.0. The Morgan fingerprint density at radius 1 is 1.22 bits per heavy atom. The van der Waals surface area contributed by atoms with Gasteiger partial charge < -0.3 is 10.5 Å². The van der Waals surface area contributed by atoms with E-state index in [-0.39, 0.29) is 11.9 Å². The molecule has 0 saturated heterocycles. The summed E-state index contributed by atoms with van der Waals surface area (Å²) in [5.74, 6) is 0.102. The molecule has 1 atom stereocenters. The van der Waals surface area contributed by atoms with Crippen LogP contribution in [-0.2, 0) is 10.3 Å². The highest BCUT2D eigenvalue weighted by atomic mass is 35.5. The molecular weight excluding hydrogens is 369 g/mol. The predicted molar refractivity (Wildman–Crippen MR) is 102 cm³/mol. The molecule has 0 aliphatic carbocycles. The van der Waals surface area contributed by atoms with Crippen molar-refractivity contribution in [2.75, 3.05) is 13.7 Å². The third-order valence-corrected chi connectivity index (χ3v) is 5.59. The van der Waals surface area contributed by atoms with Gasteiger partial charge in [0.15, 0.2) is 11.5 Å². The number of hydrogen-bond acceptors (Lipinski definition) is 4. The number of carbonyl (C=O) groups is 1. The van der Waals surface area contributed by atoms with Crippen molar-refractivity contribution in [2.45, 2.75) is 19.4 Å². The van der Waals surface area contributed by atoms with Gasteiger partial charge in [-0.05, 0) is 41.5 Å². The van der Waals surface area contributed by atoms with Crippen molar-refractivity contribution >= 4 is 23.5 Å². The molecule has 0 aromatic heterocycles. The van der Waals surface area contributed by atoms with Gasteiger partial charge in [0, 0.05) is 23.0 Å². The molecule has 5 nitrogen and oxygen atoms in total. The lowest BCUT2D eigenvalue weighted by Crippen LogP contribution is -2.53. The Morgan fingerprint density at radius 3 is 2.59 bits per heavy atom. The second kappa shape index (κ2) is 5.70. The Hall–Kier alpha value is -2.60. The standard InChI is InChI=1S/C20H19ClFN3O2/c1-19(2)10-27-16-5-4-11(12-6-13(21)9-14(22)7-12)8-15(16)20(19)17(26)25(3)18(23)24-20/h4-9H,10H2,1-3H3,(H2,23,24). The second-order valence-electron chi connectivity index (χ2n) is 7.59. The number of nitrogens with zero attached hydrogens (tertiary/aromatic N) is 2. The van der Waals surface area contributed by atoms with E-state index in [1.807, 2.05) is 26.0 Å². The first-order valence-electron chi connectivity index (χ1n) is 8.53. The largest absolute Gasteiger partial charge is 0.493 e. The van der Waals surface area contributed by atoms with Crippen LogP contribution in [0.1, 0.15) is 19.4 Å². The van der Waals surface area contributed by atoms with Crippen LogP contribution in [0.5, 0.6) is 5.75 Å². The molecule has 27 heavy (non-hydrogen) atoms. The summed E-state index contributed by atoms with van der Waals surface area (Å²) in [5, 5.41) is 0.299. The number of halogens is 2. The summed E-state index contributed by atoms with van der Waals surface area (Å²) < 4.78 is 19.7. The molecule has 0 radical (unpaired) electrons. The molecule has 0 saturated carbocycles. The van der Waals surface area contributed by atoms with E-state index in [1.165, 1.54) is 17.0 Å². The van der Waals surface area contributed by atoms with Gasteiger partial charge in [0.1, 0.15) is 11.6 Å². The topological polar surface area (TPSA) is 67.9 Å². The van der Waals surface area contributed by atoms with Gasteiger partial charge in [-0.1, -0.05) is 31.5 Å². The number of ether oxygens (including phenoxy) is 1. The first kappa shape index (κ1) is 17.8. The van der Waals surface area contributed by atoms with Gasteiger partial charge in [-0.3, -0.25) is 9.69 Å². The van der Waals surface area contributed by atoms with E-state index in [4.69, 9.17) is 22.1 Å². The number of carbonyl (C=O) groups excluding carboxylic acids is 1. The Labute approximate surface area is 161 Å². The number of benzene rings is 2. The minimum Gasteiger partial charge on any atom is -0.493 e. The number of fused-ring (bicyclic) bond motifs is 2. The van der Waals surface area contributed by atoms with Gasteiger partial charge in [0.25, 0.3) is 5.91 Å². The Kier molecular flexibility index (Phi) is 3.75. The molecule has 7 heteroatoms. The SMILES string of the molecule is CN1C(=O)C2(N=C1N)c1cc(-c3cc(F)cc(Cl)c3)ccc1OCC2(C)C. The van der Waals surface area contributed by atoms with Crippen molar-refractivity contribution in [2.24, 2.45) is 16.1 Å². The molecule has 2 aliphatic heterocycles. The van der Waals surface area contributed by atoms with Crippen LogP contribution in [0.15, 0.2) is 41.4 Å². The molecular formula is C20H19ClFN3O2. The molecule has 2 heterocycles. The van der Waals surface area contributed by atoms with E-state index in [9.17, 15) is 9.18 Å². The molecule has 2 aliphatic rings. The number of nitrogens with two attached hydrogens (primary N) is 1. The van der Waals surface area contributed by atoms with Gasteiger partial charge >= 0.3 is 0 Å². The van der Waals surface area contributed by atoms with Crippen LogP contribution in [0.4, 0.5) is 4.39 Å². The highest BCUT2D eigenvalue weighted by Gasteiger charge is 2.61. The molecule has 140 valence electrons. The average molecular weight is 388 g/mol. The molecule has 2 aromatic carbocycles. The average Bonchev–Trinajstić information content (AvgIpc) is 2.83. The van der Waals surface area contributed by atoms with E-state index >= 15 is 0 Å². The second-order valence-corrected chi connectivity index (χ2v) is 8.02. The number of hydrogen-bond donors (Lipinski definition) is 1. The molecule has 1 spiro atoms. The van der Waals surface area contributed by atoms with Crippen LogP contribution in [0.25, 0.3) is 11.1 Å². The molecule has 0 fully saturated rings. The van der Waals surface area contributed by atoms with Crippen LogP contribution in [0.3, 0.4) is 0 Å². The van der Waals surface area contributed by atoms with Crippen molar-refractivity contribution in [1.29, 1.82) is 0 Å². The zero-order chi connectivity index (χ0) is 19.6. The monoisotopic (exact) mass is 387 g/mol. The maximum absolute atomic E-state index is 13.8. The number of amides is 1. The summed E-state index contributed by atoms with van der Waals surface area (Å²) >= 11 is 6.01. The molecule has 1 amide bonds. The lowest BCUT2D eigenvalue weighted by atomic mass is 9.66. The van der Waals surface area contributed by atoms with Crippen molar-refractivity contribution in [3.8, 4) is 16.9 Å². The van der Waals surface area contributed by atoms with E-state index in [0.717, 1.165) is 0 Å². The summed E-state index contributed by atoms with van der Waals surface area (Å²) in [6.07, 6.45) is 0. The van der Waals surface area contributed by atoms with Crippen molar-refractivity contribution in [3.63, 3.8) is 0 Å². The molecule has 1 unspecified atom stereocenters. The van der Waals surface area contributed by atoms with Gasteiger partial charge in [0.05, 0.1) is 6.61 Å². The minimum absolute atomic E-state index is 0.167. The summed E-state index contributed by atoms with van der Waals surface area (Å²) in [7, 11) is 1.61. The molecule has 2 N–H and O–H groups in total. The Morgan fingerprint density at radius 2 is 1.96 bits per heavy atom. The van der Waals surface area contributed by atoms with Gasteiger partial charge in [-0.15, -0.1) is 0 Å². The summed E-state index contributed by atoms with van der Waals surface area (Å²) in [6, 6.07) is 9.72. The highest BCUT2D eigenvalue weighted by Crippen LogP contribution is 2.53. The predicted octanol–water partition coefficient (Wildman–Crippen LogP) is 3.55. The fourth-order valence-corrected chi connectivity index (χ4v) is 4.05. The van der Waals surface area contributed by atoms with E-state index in [1.54, 1.807) is 19.2 Å². The number of guanidine groups is 1. The van der Waals surface area contributed by atoms with Gasteiger partial charge in [-0.25, -0.2) is 9.38 Å². The Bertz CT molecular complexity index is 984. The highest BCUT2D eigenvalue weighted by molar-refractivity contribution is 6.30. The third-order valence-electron chi connectivity index (χ3n) is 5.37. The number of likely N-dealkylation sites (N-methyl/N-ethyl adjacent to an activating group) is 1. The summed E-state index contributed by atoms with van der Waals surface area (Å²) in [4.78, 5) is 19.2.